The average molecular weight is 338 g/mol. The fourth-order valence-corrected chi connectivity index (χ4v) is 2.32. The minimum absolute atomic E-state index is 0.0119. The number of nitriles is 1. The van der Waals surface area contributed by atoms with E-state index in [9.17, 15) is 5.26 Å². The lowest BCUT2D eigenvalue weighted by Gasteiger charge is -2.09. The number of benzene rings is 2. The molecule has 7 heteroatoms. The molecule has 3 aromatic rings. The lowest BCUT2D eigenvalue weighted by molar-refractivity contribution is 0.483. The zero-order valence-electron chi connectivity index (χ0n) is 12.4. The predicted octanol–water partition coefficient (Wildman–Crippen LogP) is 3.63. The zero-order chi connectivity index (χ0) is 17.1. The highest BCUT2D eigenvalue weighted by molar-refractivity contribution is 6.32. The Morgan fingerprint density at radius 3 is 2.38 bits per heavy atom. The Bertz CT molecular complexity index is 935. The molecule has 0 aliphatic heterocycles. The Morgan fingerprint density at radius 1 is 1.00 bits per heavy atom. The Labute approximate surface area is 143 Å². The fourth-order valence-electron chi connectivity index (χ4n) is 2.15. The van der Waals surface area contributed by atoms with Crippen LogP contribution in [-0.4, -0.2) is 9.97 Å². The highest BCUT2D eigenvalue weighted by atomic mass is 35.5. The quantitative estimate of drug-likeness (QED) is 0.755. The number of para-hydroxylation sites is 1. The molecular weight excluding hydrogens is 326 g/mol. The number of nitrogen functional groups attached to an aromatic ring is 2. The van der Waals surface area contributed by atoms with E-state index < -0.39 is 0 Å². The van der Waals surface area contributed by atoms with Gasteiger partial charge in [0.2, 0.25) is 5.95 Å². The van der Waals surface area contributed by atoms with Crippen LogP contribution in [0.1, 0.15) is 5.56 Å². The molecule has 0 spiro atoms. The van der Waals surface area contributed by atoms with E-state index >= 15 is 0 Å². The predicted molar refractivity (Wildman–Crippen MR) is 92.5 cm³/mol. The fraction of sp³-hybridized carbons (Fsp3) is 0. The van der Waals surface area contributed by atoms with E-state index in [1.54, 1.807) is 36.4 Å². The van der Waals surface area contributed by atoms with Crippen molar-refractivity contribution in [2.24, 2.45) is 0 Å². The Morgan fingerprint density at radius 2 is 1.71 bits per heavy atom. The summed E-state index contributed by atoms with van der Waals surface area (Å²) in [4.78, 5) is 7.90. The molecule has 24 heavy (non-hydrogen) atoms. The van der Waals surface area contributed by atoms with Gasteiger partial charge >= 0.3 is 0 Å². The molecule has 2 aromatic carbocycles. The third-order valence-electron chi connectivity index (χ3n) is 3.26. The summed E-state index contributed by atoms with van der Waals surface area (Å²) in [6, 6.07) is 16.2. The van der Waals surface area contributed by atoms with Crippen LogP contribution in [-0.2, 0) is 0 Å². The van der Waals surface area contributed by atoms with E-state index in [2.05, 4.69) is 9.97 Å². The van der Waals surface area contributed by atoms with Gasteiger partial charge in [-0.05, 0) is 36.4 Å². The van der Waals surface area contributed by atoms with Crippen molar-refractivity contribution < 1.29 is 4.74 Å². The van der Waals surface area contributed by atoms with Gasteiger partial charge < -0.3 is 16.2 Å². The molecule has 3 rings (SSSR count). The third-order valence-corrected chi connectivity index (χ3v) is 3.57. The van der Waals surface area contributed by atoms with Gasteiger partial charge in [-0.2, -0.15) is 10.2 Å². The average Bonchev–Trinajstić information content (AvgIpc) is 2.57. The smallest absolute Gasteiger partial charge is 0.222 e. The second-order valence-corrected chi connectivity index (χ2v) is 5.27. The number of nitrogens with two attached hydrogens (primary N) is 2. The minimum atomic E-state index is 0.0119. The van der Waals surface area contributed by atoms with Gasteiger partial charge in [-0.25, -0.2) is 4.98 Å². The summed E-state index contributed by atoms with van der Waals surface area (Å²) in [7, 11) is 0. The monoisotopic (exact) mass is 337 g/mol. The molecule has 0 saturated carbocycles. The van der Waals surface area contributed by atoms with Crippen LogP contribution in [0.2, 0.25) is 5.02 Å². The van der Waals surface area contributed by atoms with Crippen molar-refractivity contribution in [1.29, 1.82) is 5.26 Å². The molecular formula is C17H12ClN5O. The van der Waals surface area contributed by atoms with E-state index in [-0.39, 0.29) is 17.3 Å². The summed E-state index contributed by atoms with van der Waals surface area (Å²) in [5.41, 5.74) is 12.6. The molecule has 1 heterocycles. The first kappa shape index (κ1) is 15.6. The number of nitrogens with zero attached hydrogens (tertiary/aromatic N) is 3. The topological polar surface area (TPSA) is 111 Å². The van der Waals surface area contributed by atoms with Gasteiger partial charge in [0, 0.05) is 5.56 Å². The Kier molecular flexibility index (Phi) is 4.18. The summed E-state index contributed by atoms with van der Waals surface area (Å²) in [5, 5.41) is 9.76. The van der Waals surface area contributed by atoms with Crippen LogP contribution < -0.4 is 16.2 Å². The van der Waals surface area contributed by atoms with Gasteiger partial charge in [0.1, 0.15) is 28.9 Å². The molecule has 118 valence electrons. The molecule has 0 radical (unpaired) electrons. The van der Waals surface area contributed by atoms with Gasteiger partial charge in [0.25, 0.3) is 0 Å². The molecule has 4 N–H and O–H groups in total. The van der Waals surface area contributed by atoms with E-state index in [0.29, 0.717) is 27.8 Å². The SMILES string of the molecule is N#Cc1c(N)nc(N)nc1-c1ccc(Oc2ccccc2Cl)cc1. The molecule has 0 saturated heterocycles. The molecule has 0 atom stereocenters. The molecule has 0 aliphatic rings. The van der Waals surface area contributed by atoms with E-state index in [1.807, 2.05) is 18.2 Å². The molecule has 0 fully saturated rings. The lowest BCUT2D eigenvalue weighted by atomic mass is 10.1. The number of hydrogen-bond donors (Lipinski definition) is 2. The van der Waals surface area contributed by atoms with Crippen molar-refractivity contribution in [2.45, 2.75) is 0 Å². The highest BCUT2D eigenvalue weighted by Crippen LogP contribution is 2.31. The molecule has 6 nitrogen and oxygen atoms in total. The van der Waals surface area contributed by atoms with Gasteiger partial charge in [-0.3, -0.25) is 0 Å². The maximum atomic E-state index is 9.24. The number of rotatable bonds is 3. The Balaban J connectivity index is 1.94. The normalized spacial score (nSPS) is 10.2. The van der Waals surface area contributed by atoms with Crippen molar-refractivity contribution in [3.05, 3.63) is 59.1 Å². The number of halogens is 1. The first-order valence-electron chi connectivity index (χ1n) is 6.94. The number of ether oxygens (including phenoxy) is 1. The number of hydrogen-bond acceptors (Lipinski definition) is 6. The molecule has 0 amide bonds. The van der Waals surface area contributed by atoms with Crippen LogP contribution >= 0.6 is 11.6 Å². The molecule has 0 bridgehead atoms. The van der Waals surface area contributed by atoms with Crippen LogP contribution in [0.15, 0.2) is 48.5 Å². The van der Waals surface area contributed by atoms with Crippen LogP contribution in [0.4, 0.5) is 11.8 Å². The van der Waals surface area contributed by atoms with Crippen molar-refractivity contribution in [1.82, 2.24) is 9.97 Å². The summed E-state index contributed by atoms with van der Waals surface area (Å²) in [5.74, 6) is 1.22. The lowest BCUT2D eigenvalue weighted by Crippen LogP contribution is -2.04. The third kappa shape index (κ3) is 3.07. The number of anilines is 2. The van der Waals surface area contributed by atoms with Crippen LogP contribution in [0.3, 0.4) is 0 Å². The van der Waals surface area contributed by atoms with Gasteiger partial charge in [0.15, 0.2) is 0 Å². The molecule has 1 aromatic heterocycles. The van der Waals surface area contributed by atoms with E-state index in [0.717, 1.165) is 0 Å². The second kappa shape index (κ2) is 6.44. The molecule has 0 aliphatic carbocycles. The zero-order valence-corrected chi connectivity index (χ0v) is 13.2. The largest absolute Gasteiger partial charge is 0.456 e. The van der Waals surface area contributed by atoms with Crippen LogP contribution in [0.25, 0.3) is 11.3 Å². The summed E-state index contributed by atoms with van der Waals surface area (Å²) >= 11 is 6.07. The molecule has 0 unspecified atom stereocenters. The van der Waals surface area contributed by atoms with Gasteiger partial charge in [-0.1, -0.05) is 23.7 Å². The minimum Gasteiger partial charge on any atom is -0.456 e. The van der Waals surface area contributed by atoms with Crippen molar-refractivity contribution in [3.63, 3.8) is 0 Å². The van der Waals surface area contributed by atoms with Crippen LogP contribution in [0.5, 0.6) is 11.5 Å². The van der Waals surface area contributed by atoms with Gasteiger partial charge in [0.05, 0.1) is 10.7 Å². The van der Waals surface area contributed by atoms with Gasteiger partial charge in [-0.15, -0.1) is 0 Å². The highest BCUT2D eigenvalue weighted by Gasteiger charge is 2.13. The van der Waals surface area contributed by atoms with E-state index in [1.165, 1.54) is 0 Å². The Hall–Kier alpha value is -3.30. The summed E-state index contributed by atoms with van der Waals surface area (Å²) < 4.78 is 5.72. The second-order valence-electron chi connectivity index (χ2n) is 4.86. The summed E-state index contributed by atoms with van der Waals surface area (Å²) in [6.45, 7) is 0. The maximum absolute atomic E-state index is 9.24. The van der Waals surface area contributed by atoms with Crippen molar-refractivity contribution in [3.8, 4) is 28.8 Å². The number of aromatic nitrogens is 2. The first-order chi connectivity index (χ1) is 11.6. The summed E-state index contributed by atoms with van der Waals surface area (Å²) in [6.07, 6.45) is 0. The van der Waals surface area contributed by atoms with Crippen molar-refractivity contribution >= 4 is 23.4 Å². The first-order valence-corrected chi connectivity index (χ1v) is 7.32. The maximum Gasteiger partial charge on any atom is 0.222 e. The standard InChI is InChI=1S/C17H12ClN5O/c18-13-3-1-2-4-14(13)24-11-7-5-10(6-8-11)15-12(9-19)16(20)23-17(21)22-15/h1-8H,(H4,20,21,22,23). The van der Waals surface area contributed by atoms with Crippen LogP contribution in [0, 0.1) is 11.3 Å². The van der Waals surface area contributed by atoms with E-state index in [4.69, 9.17) is 27.8 Å². The van der Waals surface area contributed by atoms with Crippen molar-refractivity contribution in [2.75, 3.05) is 11.5 Å².